The Morgan fingerprint density at radius 1 is 0.532 bits per heavy atom. The van der Waals surface area contributed by atoms with Crippen molar-refractivity contribution in [1.82, 2.24) is 0 Å². The van der Waals surface area contributed by atoms with Gasteiger partial charge in [0, 0.05) is 34.6 Å². The number of anilines is 4. The molecule has 0 unspecified atom stereocenters. The third-order valence-corrected chi connectivity index (χ3v) is 5.86. The van der Waals surface area contributed by atoms with Crippen molar-refractivity contribution in [1.29, 1.82) is 0 Å². The van der Waals surface area contributed by atoms with Crippen LogP contribution in [-0.2, 0) is 21.7 Å². The van der Waals surface area contributed by atoms with Crippen LogP contribution in [0.15, 0.2) is 121 Å². The Kier molecular flexibility index (Phi) is 18.4. The zero-order chi connectivity index (χ0) is 33.0. The van der Waals surface area contributed by atoms with Gasteiger partial charge in [0.25, 0.3) is 0 Å². The maximum atomic E-state index is 13.3. The molecule has 0 heterocycles. The quantitative estimate of drug-likeness (QED) is 0.0735. The molecule has 11 heteroatoms. The van der Waals surface area contributed by atoms with E-state index < -0.39 is 23.3 Å². The van der Waals surface area contributed by atoms with Gasteiger partial charge in [-0.25, -0.2) is 41.9 Å². The van der Waals surface area contributed by atoms with Gasteiger partial charge in [0.05, 0.1) is 0 Å². The summed E-state index contributed by atoms with van der Waals surface area (Å²) in [6.45, 7) is 0. The third-order valence-electron chi connectivity index (χ3n) is 5.46. The summed E-state index contributed by atoms with van der Waals surface area (Å²) in [4.78, 5) is 0. The van der Waals surface area contributed by atoms with Crippen molar-refractivity contribution in [2.75, 3.05) is 21.3 Å². The number of benzene rings is 4. The maximum absolute atomic E-state index is 13.3. The predicted octanol–water partition coefficient (Wildman–Crippen LogP) is 9.76. The van der Waals surface area contributed by atoms with Gasteiger partial charge in [0.1, 0.15) is 0 Å². The number of halogens is 4. The number of hydrogen-bond acceptors (Lipinski definition) is 2. The molecule has 0 bridgehead atoms. The first-order valence-corrected chi connectivity index (χ1v) is 14.6. The average Bonchev–Trinajstić information content (AvgIpc) is 3.82. The van der Waals surface area contributed by atoms with Crippen molar-refractivity contribution < 1.29 is 39.3 Å². The molecular formula is C36H28F4N4S2Ti. The molecule has 6 rings (SSSR count). The van der Waals surface area contributed by atoms with Gasteiger partial charge < -0.3 is 21.3 Å². The molecule has 0 spiro atoms. The van der Waals surface area contributed by atoms with Crippen molar-refractivity contribution >= 4 is 57.4 Å². The van der Waals surface area contributed by atoms with Gasteiger partial charge in [-0.1, -0.05) is 36.4 Å². The van der Waals surface area contributed by atoms with Gasteiger partial charge in [0.15, 0.2) is 10.2 Å². The molecule has 0 fully saturated rings. The molecule has 0 saturated heterocycles. The molecule has 4 nitrogen and oxygen atoms in total. The van der Waals surface area contributed by atoms with E-state index in [-0.39, 0.29) is 43.3 Å². The van der Waals surface area contributed by atoms with Crippen LogP contribution >= 0.6 is 24.4 Å². The van der Waals surface area contributed by atoms with E-state index in [1.807, 2.05) is 97.1 Å². The standard InChI is InChI=1S/2C13H9F2N2S.2C5H5.Ti/c2*14-9-6-7-12(11(15)8-9)17-13(18)16-10-4-2-1-3-5-10;2*1-2-4-5-3-1;/h2*1-7H,(H2,16,17,18);2*1-3H,4H2;/q4*-1;+4. The van der Waals surface area contributed by atoms with Crippen molar-refractivity contribution in [3.8, 4) is 0 Å². The second-order valence-electron chi connectivity index (χ2n) is 8.96. The SMILES string of the molecule is Fc1[c-]c(F)c(NC(=S)Nc2ccccc2)cc1.Fc1[c-]c(F)c(NC(=S)Nc2ccccc2)cc1.[C-]1=CC=CC1.[C-]1=CC=CC1.[Ti+4]. The summed E-state index contributed by atoms with van der Waals surface area (Å²) in [5.74, 6) is -3.13. The van der Waals surface area contributed by atoms with Crippen LogP contribution in [0.5, 0.6) is 0 Å². The molecule has 47 heavy (non-hydrogen) atoms. The molecule has 0 aliphatic heterocycles. The zero-order valence-corrected chi connectivity index (χ0v) is 28.0. The molecule has 0 atom stereocenters. The van der Waals surface area contributed by atoms with Crippen molar-refractivity contribution in [2.24, 2.45) is 0 Å². The van der Waals surface area contributed by atoms with Gasteiger partial charge >= 0.3 is 21.7 Å². The first-order valence-electron chi connectivity index (χ1n) is 13.7. The summed E-state index contributed by atoms with van der Waals surface area (Å²) >= 11 is 10.0. The molecule has 4 aromatic carbocycles. The first-order chi connectivity index (χ1) is 22.3. The van der Waals surface area contributed by atoms with Gasteiger partial charge in [0.2, 0.25) is 0 Å². The van der Waals surface area contributed by atoms with E-state index in [1.165, 1.54) is 12.1 Å². The summed E-state index contributed by atoms with van der Waals surface area (Å²) in [7, 11) is 0. The molecule has 0 radical (unpaired) electrons. The summed E-state index contributed by atoms with van der Waals surface area (Å²) in [6, 6.07) is 27.0. The third kappa shape index (κ3) is 16.2. The first kappa shape index (κ1) is 38.8. The van der Waals surface area contributed by atoms with Crippen LogP contribution < -0.4 is 21.3 Å². The molecule has 4 N–H and O–H groups in total. The minimum atomic E-state index is -0.813. The van der Waals surface area contributed by atoms with Crippen molar-refractivity contribution in [2.45, 2.75) is 12.8 Å². The fraction of sp³-hybridized carbons (Fsp3) is 0.0556. The van der Waals surface area contributed by atoms with Crippen LogP contribution in [0.1, 0.15) is 12.8 Å². The monoisotopic (exact) mass is 704 g/mol. The zero-order valence-electron chi connectivity index (χ0n) is 24.8. The minimum absolute atomic E-state index is 0. The summed E-state index contributed by atoms with van der Waals surface area (Å²) in [6.07, 6.45) is 20.0. The summed E-state index contributed by atoms with van der Waals surface area (Å²) < 4.78 is 51.9. The van der Waals surface area contributed by atoms with Crippen LogP contribution in [0.2, 0.25) is 0 Å². The molecule has 0 aromatic heterocycles. The van der Waals surface area contributed by atoms with Crippen LogP contribution in [0.4, 0.5) is 40.3 Å². The molecule has 0 amide bonds. The van der Waals surface area contributed by atoms with Crippen LogP contribution in [-0.4, -0.2) is 10.2 Å². The Labute approximate surface area is 298 Å². The summed E-state index contributed by atoms with van der Waals surface area (Å²) in [5, 5.41) is 11.5. The van der Waals surface area contributed by atoms with E-state index in [2.05, 4.69) is 45.6 Å². The molecule has 236 valence electrons. The molecular weight excluding hydrogens is 676 g/mol. The fourth-order valence-corrected chi connectivity index (χ4v) is 3.83. The van der Waals surface area contributed by atoms with Crippen molar-refractivity contribution in [3.63, 3.8) is 0 Å². The minimum Gasteiger partial charge on any atom is -0.383 e. The number of thiocarbonyl (C=S) groups is 2. The Morgan fingerprint density at radius 3 is 1.19 bits per heavy atom. The fourth-order valence-electron chi connectivity index (χ4n) is 3.37. The van der Waals surface area contributed by atoms with E-state index >= 15 is 0 Å². The van der Waals surface area contributed by atoms with Gasteiger partial charge in [-0.3, -0.25) is 12.2 Å². The van der Waals surface area contributed by atoms with E-state index in [0.717, 1.165) is 36.3 Å². The largest absolute Gasteiger partial charge is 4.00 e. The maximum Gasteiger partial charge on any atom is 4.00 e. The molecule has 0 saturated carbocycles. The van der Waals surface area contributed by atoms with Crippen LogP contribution in [0.25, 0.3) is 0 Å². The Hall–Kier alpha value is -4.35. The van der Waals surface area contributed by atoms with Gasteiger partial charge in [-0.2, -0.15) is 12.2 Å². The van der Waals surface area contributed by atoms with Crippen molar-refractivity contribution in [3.05, 3.63) is 169 Å². The Bertz CT molecular complexity index is 1540. The molecule has 4 aromatic rings. The number of rotatable bonds is 4. The van der Waals surface area contributed by atoms with Crippen LogP contribution in [0.3, 0.4) is 0 Å². The normalized spacial score (nSPS) is 11.3. The topological polar surface area (TPSA) is 48.1 Å². The number of nitrogens with one attached hydrogen (secondary N) is 4. The Balaban J connectivity index is 0.000000248. The van der Waals surface area contributed by atoms with Gasteiger partial charge in [-0.15, -0.1) is 49.2 Å². The molecule has 2 aliphatic carbocycles. The second kappa shape index (κ2) is 22.2. The molecule has 2 aliphatic rings. The number of para-hydroxylation sites is 2. The smallest absolute Gasteiger partial charge is 0.383 e. The van der Waals surface area contributed by atoms with E-state index in [9.17, 15) is 17.6 Å². The van der Waals surface area contributed by atoms with E-state index in [4.69, 9.17) is 24.4 Å². The summed E-state index contributed by atoms with van der Waals surface area (Å²) in [5.41, 5.74) is 1.71. The number of hydrogen-bond donors (Lipinski definition) is 4. The van der Waals surface area contributed by atoms with E-state index in [0.29, 0.717) is 0 Å². The number of allylic oxidation sites excluding steroid dienone is 8. The van der Waals surface area contributed by atoms with Gasteiger partial charge in [-0.05, 0) is 60.1 Å². The second-order valence-corrected chi connectivity index (χ2v) is 9.78. The van der Waals surface area contributed by atoms with E-state index in [1.54, 1.807) is 0 Å². The average molecular weight is 705 g/mol. The predicted molar refractivity (Wildman–Crippen MR) is 186 cm³/mol. The Morgan fingerprint density at radius 2 is 0.915 bits per heavy atom. The van der Waals surface area contributed by atoms with Crippen LogP contribution in [0, 0.1) is 47.6 Å².